The van der Waals surface area contributed by atoms with Gasteiger partial charge in [0.05, 0.1) is 12.8 Å². The summed E-state index contributed by atoms with van der Waals surface area (Å²) >= 11 is 0. The van der Waals surface area contributed by atoms with Crippen LogP contribution >= 0.6 is 0 Å². The highest BCUT2D eigenvalue weighted by Crippen LogP contribution is 2.29. The third-order valence-electron chi connectivity index (χ3n) is 4.77. The van der Waals surface area contributed by atoms with Gasteiger partial charge in [0.15, 0.2) is 0 Å². The largest absolute Gasteiger partial charge is 0.314 e. The van der Waals surface area contributed by atoms with E-state index < -0.39 is 21.3 Å². The Kier molecular flexibility index (Phi) is 15.9. The molecule has 0 saturated heterocycles. The lowest BCUT2D eigenvalue weighted by Crippen LogP contribution is -2.27. The molecule has 0 amide bonds. The Balaban J connectivity index is 3.65. The predicted octanol–water partition coefficient (Wildman–Crippen LogP) is 6.77. The highest BCUT2D eigenvalue weighted by Gasteiger charge is 2.31. The Labute approximate surface area is 146 Å². The monoisotopic (exact) mass is 368 g/mol. The minimum absolute atomic E-state index is 0.0890. The molecule has 0 bridgehead atoms. The van der Waals surface area contributed by atoms with Gasteiger partial charge in [0.1, 0.15) is 0 Å². The van der Waals surface area contributed by atoms with Crippen LogP contribution in [0.25, 0.3) is 0 Å². The van der Waals surface area contributed by atoms with E-state index in [1.54, 1.807) is 0 Å². The molecule has 23 heavy (non-hydrogen) atoms. The first kappa shape index (κ1) is 23.2. The molecular formula is C18H39F3Si2. The van der Waals surface area contributed by atoms with Gasteiger partial charge in [-0.3, -0.25) is 4.39 Å². The maximum atomic E-state index is 15.0. The van der Waals surface area contributed by atoms with Crippen LogP contribution in [0.15, 0.2) is 0 Å². The molecule has 140 valence electrons. The molecule has 0 saturated carbocycles. The first-order chi connectivity index (χ1) is 11.1. The normalized spacial score (nSPS) is 14.0. The molecule has 0 spiro atoms. The highest BCUT2D eigenvalue weighted by atomic mass is 28.4. The van der Waals surface area contributed by atoms with Crippen molar-refractivity contribution in [2.45, 2.75) is 108 Å². The highest BCUT2D eigenvalue weighted by molar-refractivity contribution is 6.73. The molecule has 0 aromatic heterocycles. The molecule has 0 aliphatic rings. The number of alkyl halides is 2. The molecule has 1 atom stereocenters. The first-order valence-corrected chi connectivity index (χ1v) is 14.5. The Hall–Kier alpha value is 0.224. The summed E-state index contributed by atoms with van der Waals surface area (Å²) in [6.45, 7) is 3.77. The summed E-state index contributed by atoms with van der Waals surface area (Å²) in [5.41, 5.74) is 0. The van der Waals surface area contributed by atoms with Gasteiger partial charge in [0, 0.05) is 15.9 Å². The summed E-state index contributed by atoms with van der Waals surface area (Å²) in [5.74, 6) is 0. The molecule has 0 aromatic carbocycles. The van der Waals surface area contributed by atoms with Crippen LogP contribution in [-0.4, -0.2) is 30.8 Å². The SMILES string of the molecule is CCCC[Si](F)(CCCC)CCCCCC[SiH2]CC(F)CCF. The summed E-state index contributed by atoms with van der Waals surface area (Å²) in [7, 11) is -2.82. The fourth-order valence-corrected chi connectivity index (χ4v) is 8.48. The van der Waals surface area contributed by atoms with E-state index in [9.17, 15) is 8.78 Å². The van der Waals surface area contributed by atoms with Crippen LogP contribution in [-0.2, 0) is 0 Å². The first-order valence-electron chi connectivity index (χ1n) is 9.97. The average molecular weight is 369 g/mol. The van der Waals surface area contributed by atoms with Crippen molar-refractivity contribution in [1.29, 1.82) is 0 Å². The molecule has 0 aliphatic carbocycles. The van der Waals surface area contributed by atoms with Crippen molar-refractivity contribution in [3.8, 4) is 0 Å². The van der Waals surface area contributed by atoms with Gasteiger partial charge in [0.2, 0.25) is 8.41 Å². The van der Waals surface area contributed by atoms with Crippen molar-refractivity contribution < 1.29 is 12.9 Å². The van der Waals surface area contributed by atoms with Crippen LogP contribution in [0.1, 0.15) is 71.6 Å². The summed E-state index contributed by atoms with van der Waals surface area (Å²) in [4.78, 5) is 0. The zero-order chi connectivity index (χ0) is 17.4. The van der Waals surface area contributed by atoms with Gasteiger partial charge >= 0.3 is 0 Å². The van der Waals surface area contributed by atoms with Crippen molar-refractivity contribution >= 4 is 17.9 Å². The lowest BCUT2D eigenvalue weighted by molar-refractivity contribution is 0.304. The zero-order valence-electron chi connectivity index (χ0n) is 15.5. The smallest absolute Gasteiger partial charge is 0.247 e. The third kappa shape index (κ3) is 14.3. The minimum Gasteiger partial charge on any atom is -0.314 e. The predicted molar refractivity (Wildman–Crippen MR) is 103 cm³/mol. The topological polar surface area (TPSA) is 0 Å². The molecule has 0 aromatic rings. The van der Waals surface area contributed by atoms with Gasteiger partial charge < -0.3 is 4.11 Å². The second-order valence-corrected chi connectivity index (χ2v) is 12.9. The van der Waals surface area contributed by atoms with Gasteiger partial charge in [-0.15, -0.1) is 0 Å². The Morgan fingerprint density at radius 3 is 2.00 bits per heavy atom. The number of rotatable bonds is 17. The van der Waals surface area contributed by atoms with E-state index in [1.807, 2.05) is 0 Å². The van der Waals surface area contributed by atoms with Gasteiger partial charge in [-0.2, -0.15) is 0 Å². The van der Waals surface area contributed by atoms with Gasteiger partial charge in [0.25, 0.3) is 0 Å². The number of halogens is 3. The van der Waals surface area contributed by atoms with Crippen molar-refractivity contribution in [3.05, 3.63) is 0 Å². The Bertz CT molecular complexity index is 244. The lowest BCUT2D eigenvalue weighted by Gasteiger charge is -2.22. The van der Waals surface area contributed by atoms with Crippen molar-refractivity contribution in [1.82, 2.24) is 0 Å². The maximum absolute atomic E-state index is 15.0. The van der Waals surface area contributed by atoms with E-state index in [0.29, 0.717) is 6.04 Å². The number of unbranched alkanes of at least 4 members (excludes halogenated alkanes) is 5. The van der Waals surface area contributed by atoms with Crippen molar-refractivity contribution in [3.63, 3.8) is 0 Å². The summed E-state index contributed by atoms with van der Waals surface area (Å²) in [6.07, 6.45) is 8.02. The van der Waals surface area contributed by atoms with E-state index in [-0.39, 0.29) is 15.9 Å². The molecule has 0 heterocycles. The zero-order valence-corrected chi connectivity index (χ0v) is 17.9. The van der Waals surface area contributed by atoms with Crippen LogP contribution in [0, 0.1) is 0 Å². The summed E-state index contributed by atoms with van der Waals surface area (Å²) in [6, 6.07) is 4.38. The van der Waals surface area contributed by atoms with Crippen LogP contribution in [0.5, 0.6) is 0 Å². The molecular weight excluding hydrogens is 329 g/mol. The molecule has 0 radical (unpaired) electrons. The molecule has 0 nitrogen and oxygen atoms in total. The fourth-order valence-electron chi connectivity index (χ4n) is 3.14. The van der Waals surface area contributed by atoms with Gasteiger partial charge in [-0.25, -0.2) is 4.39 Å². The summed E-state index contributed by atoms with van der Waals surface area (Å²) < 4.78 is 40.1. The number of hydrogen-bond acceptors (Lipinski definition) is 0. The fraction of sp³-hybridized carbons (Fsp3) is 1.00. The van der Waals surface area contributed by atoms with Gasteiger partial charge in [-0.1, -0.05) is 71.3 Å². The molecule has 0 aliphatic heterocycles. The quantitative estimate of drug-likeness (QED) is 0.151. The molecule has 5 heteroatoms. The van der Waals surface area contributed by atoms with E-state index in [4.69, 9.17) is 0 Å². The van der Waals surface area contributed by atoms with E-state index >= 15 is 4.11 Å². The van der Waals surface area contributed by atoms with E-state index in [2.05, 4.69) is 13.8 Å². The van der Waals surface area contributed by atoms with E-state index in [1.165, 1.54) is 12.8 Å². The second-order valence-electron chi connectivity index (χ2n) is 7.09. The Morgan fingerprint density at radius 2 is 1.43 bits per heavy atom. The van der Waals surface area contributed by atoms with Crippen LogP contribution in [0.2, 0.25) is 30.2 Å². The third-order valence-corrected chi connectivity index (χ3v) is 10.6. The summed E-state index contributed by atoms with van der Waals surface area (Å²) in [5, 5.41) is 0. The molecule has 0 N–H and O–H groups in total. The average Bonchev–Trinajstić information content (AvgIpc) is 2.54. The van der Waals surface area contributed by atoms with E-state index in [0.717, 1.165) is 62.7 Å². The van der Waals surface area contributed by atoms with Crippen LogP contribution in [0.4, 0.5) is 12.9 Å². The second kappa shape index (κ2) is 15.7. The lowest BCUT2D eigenvalue weighted by atomic mass is 10.2. The van der Waals surface area contributed by atoms with Crippen LogP contribution < -0.4 is 0 Å². The van der Waals surface area contributed by atoms with Gasteiger partial charge in [-0.05, 0) is 24.2 Å². The van der Waals surface area contributed by atoms with Crippen molar-refractivity contribution in [2.24, 2.45) is 0 Å². The molecule has 1 unspecified atom stereocenters. The van der Waals surface area contributed by atoms with Crippen molar-refractivity contribution in [2.75, 3.05) is 6.67 Å². The standard InChI is InChI=1S/C18H39F3Si2/c1-3-5-14-23(21,15-6-4-2)16-10-8-7-9-13-22-17-18(20)11-12-19/h18H,3-17,22H2,1-2H3. The minimum atomic E-state index is -2.47. The Morgan fingerprint density at radius 1 is 0.870 bits per heavy atom. The van der Waals surface area contributed by atoms with Crippen LogP contribution in [0.3, 0.4) is 0 Å². The number of hydrogen-bond donors (Lipinski definition) is 0. The molecule has 0 rings (SSSR count). The molecule has 0 fully saturated rings. The maximum Gasteiger partial charge on any atom is 0.247 e.